The van der Waals surface area contributed by atoms with Crippen molar-refractivity contribution in [1.29, 1.82) is 0 Å². The molecule has 0 radical (unpaired) electrons. The Morgan fingerprint density at radius 1 is 1.40 bits per heavy atom. The van der Waals surface area contributed by atoms with Crippen LogP contribution in [0.2, 0.25) is 0 Å². The summed E-state index contributed by atoms with van der Waals surface area (Å²) in [4.78, 5) is 16.6. The molecule has 0 spiro atoms. The molecule has 0 unspecified atom stereocenters. The Kier molecular flexibility index (Phi) is 3.41. The molecule has 8 heteroatoms. The van der Waals surface area contributed by atoms with Gasteiger partial charge >= 0.3 is 0 Å². The first-order chi connectivity index (χ1) is 9.63. The summed E-state index contributed by atoms with van der Waals surface area (Å²) < 4.78 is 2.37. The number of anilines is 1. The minimum atomic E-state index is -0.0690. The summed E-state index contributed by atoms with van der Waals surface area (Å²) in [6, 6.07) is 7.15. The highest BCUT2D eigenvalue weighted by molar-refractivity contribution is 8.00. The SMILES string of the molecule is Cc1cccc2nc(CSc3nnc(N)s3)cc(=O)n12. The van der Waals surface area contributed by atoms with Crippen LogP contribution >= 0.6 is 23.1 Å². The topological polar surface area (TPSA) is 86.2 Å². The Hall–Kier alpha value is -1.93. The second-order valence-corrected chi connectivity index (χ2v) is 6.37. The summed E-state index contributed by atoms with van der Waals surface area (Å²) >= 11 is 2.79. The van der Waals surface area contributed by atoms with Crippen LogP contribution in [0.4, 0.5) is 5.13 Å². The Morgan fingerprint density at radius 2 is 2.25 bits per heavy atom. The molecule has 0 atom stereocenters. The maximum Gasteiger partial charge on any atom is 0.258 e. The van der Waals surface area contributed by atoms with Crippen molar-refractivity contribution in [1.82, 2.24) is 19.6 Å². The lowest BCUT2D eigenvalue weighted by atomic mass is 10.3. The molecular formula is C12H11N5OS2. The quantitative estimate of drug-likeness (QED) is 0.742. The van der Waals surface area contributed by atoms with E-state index in [9.17, 15) is 4.79 Å². The van der Waals surface area contributed by atoms with Crippen LogP contribution in [0.3, 0.4) is 0 Å². The predicted octanol–water partition coefficient (Wildman–Crippen LogP) is 1.73. The van der Waals surface area contributed by atoms with Crippen molar-refractivity contribution in [2.45, 2.75) is 17.0 Å². The van der Waals surface area contributed by atoms with E-state index in [0.717, 1.165) is 15.7 Å². The van der Waals surface area contributed by atoms with E-state index in [2.05, 4.69) is 15.2 Å². The number of thioether (sulfide) groups is 1. The van der Waals surface area contributed by atoms with Crippen molar-refractivity contribution in [2.75, 3.05) is 5.73 Å². The van der Waals surface area contributed by atoms with Crippen LogP contribution in [-0.2, 0) is 5.75 Å². The number of fused-ring (bicyclic) bond motifs is 1. The van der Waals surface area contributed by atoms with Gasteiger partial charge in [-0.15, -0.1) is 10.2 Å². The monoisotopic (exact) mass is 305 g/mol. The fourth-order valence-corrected chi connectivity index (χ4v) is 3.38. The minimum absolute atomic E-state index is 0.0690. The number of nitrogens with two attached hydrogens (primary N) is 1. The maximum absolute atomic E-state index is 12.1. The number of pyridine rings is 1. The van der Waals surface area contributed by atoms with E-state index in [0.29, 0.717) is 16.5 Å². The van der Waals surface area contributed by atoms with Gasteiger partial charge in [0.15, 0.2) is 4.34 Å². The zero-order valence-electron chi connectivity index (χ0n) is 10.6. The highest BCUT2D eigenvalue weighted by Crippen LogP contribution is 2.26. The highest BCUT2D eigenvalue weighted by atomic mass is 32.2. The fraction of sp³-hybridized carbons (Fsp3) is 0.167. The molecule has 0 aliphatic heterocycles. The van der Waals surface area contributed by atoms with Gasteiger partial charge in [0.25, 0.3) is 5.56 Å². The van der Waals surface area contributed by atoms with Gasteiger partial charge in [-0.2, -0.15) is 0 Å². The summed E-state index contributed by atoms with van der Waals surface area (Å²) in [5.74, 6) is 0.564. The molecule has 0 aliphatic carbocycles. The molecule has 2 N–H and O–H groups in total. The van der Waals surface area contributed by atoms with Crippen molar-refractivity contribution in [3.05, 3.63) is 46.0 Å². The van der Waals surface area contributed by atoms with Crippen LogP contribution < -0.4 is 11.3 Å². The molecule has 0 saturated carbocycles. The van der Waals surface area contributed by atoms with E-state index in [-0.39, 0.29) is 5.56 Å². The number of aryl methyl sites for hydroxylation is 1. The summed E-state index contributed by atoms with van der Waals surface area (Å²) in [6.07, 6.45) is 0. The third-order valence-corrected chi connectivity index (χ3v) is 4.62. The zero-order valence-corrected chi connectivity index (χ0v) is 12.2. The number of hydrogen-bond acceptors (Lipinski definition) is 7. The Labute approximate surface area is 122 Å². The largest absolute Gasteiger partial charge is 0.374 e. The first-order valence-electron chi connectivity index (χ1n) is 5.83. The molecule has 0 bridgehead atoms. The number of rotatable bonds is 3. The molecule has 0 aromatic carbocycles. The third-order valence-electron chi connectivity index (χ3n) is 2.70. The molecule has 3 heterocycles. The van der Waals surface area contributed by atoms with Crippen LogP contribution in [0, 0.1) is 6.92 Å². The lowest BCUT2D eigenvalue weighted by molar-refractivity contribution is 0.967. The molecule has 3 aromatic rings. The lowest BCUT2D eigenvalue weighted by Crippen LogP contribution is -2.17. The Morgan fingerprint density at radius 3 is 3.00 bits per heavy atom. The molecule has 0 amide bonds. The third kappa shape index (κ3) is 2.52. The van der Waals surface area contributed by atoms with Gasteiger partial charge in [0, 0.05) is 17.5 Å². The van der Waals surface area contributed by atoms with E-state index in [1.807, 2.05) is 25.1 Å². The molecule has 0 fully saturated rings. The molecule has 0 aliphatic rings. The summed E-state index contributed by atoms with van der Waals surface area (Å²) in [7, 11) is 0. The van der Waals surface area contributed by atoms with Crippen molar-refractivity contribution in [3.63, 3.8) is 0 Å². The van der Waals surface area contributed by atoms with Crippen LogP contribution in [0.5, 0.6) is 0 Å². The summed E-state index contributed by atoms with van der Waals surface area (Å²) in [6.45, 7) is 1.88. The molecule has 0 saturated heterocycles. The van der Waals surface area contributed by atoms with Crippen molar-refractivity contribution >= 4 is 33.9 Å². The van der Waals surface area contributed by atoms with E-state index < -0.39 is 0 Å². The average Bonchev–Trinajstić information content (AvgIpc) is 2.82. The second kappa shape index (κ2) is 5.22. The first-order valence-corrected chi connectivity index (χ1v) is 7.64. The maximum atomic E-state index is 12.1. The van der Waals surface area contributed by atoms with Gasteiger partial charge < -0.3 is 5.73 Å². The first kappa shape index (κ1) is 13.1. The van der Waals surface area contributed by atoms with Crippen LogP contribution in [0.1, 0.15) is 11.4 Å². The number of hydrogen-bond donors (Lipinski definition) is 1. The average molecular weight is 305 g/mol. The zero-order chi connectivity index (χ0) is 14.1. The summed E-state index contributed by atoms with van der Waals surface area (Å²) in [5.41, 5.74) is 7.71. The van der Waals surface area contributed by atoms with Gasteiger partial charge in [-0.25, -0.2) is 4.98 Å². The van der Waals surface area contributed by atoms with Crippen LogP contribution in [-0.4, -0.2) is 19.6 Å². The number of nitrogens with zero attached hydrogens (tertiary/aromatic N) is 4. The standard InChI is InChI=1S/C12H11N5OS2/c1-7-3-2-4-9-14-8(5-10(18)17(7)9)6-19-12-16-15-11(13)20-12/h2-5H,6H2,1H3,(H2,13,15). The lowest BCUT2D eigenvalue weighted by Gasteiger charge is -2.05. The fourth-order valence-electron chi connectivity index (χ4n) is 1.85. The number of aromatic nitrogens is 4. The van der Waals surface area contributed by atoms with Gasteiger partial charge in [0.1, 0.15) is 5.65 Å². The Balaban J connectivity index is 1.91. The van der Waals surface area contributed by atoms with E-state index in [1.165, 1.54) is 23.1 Å². The van der Waals surface area contributed by atoms with Gasteiger partial charge in [0.2, 0.25) is 5.13 Å². The molecule has 20 heavy (non-hydrogen) atoms. The van der Waals surface area contributed by atoms with E-state index in [4.69, 9.17) is 5.73 Å². The highest BCUT2D eigenvalue weighted by Gasteiger charge is 2.07. The number of nitrogen functional groups attached to an aromatic ring is 1. The molecular weight excluding hydrogens is 294 g/mol. The molecule has 6 nitrogen and oxygen atoms in total. The van der Waals surface area contributed by atoms with Gasteiger partial charge in [-0.05, 0) is 19.1 Å². The summed E-state index contributed by atoms with van der Waals surface area (Å²) in [5, 5.41) is 8.11. The van der Waals surface area contributed by atoms with Crippen molar-refractivity contribution < 1.29 is 0 Å². The smallest absolute Gasteiger partial charge is 0.258 e. The minimum Gasteiger partial charge on any atom is -0.374 e. The molecule has 102 valence electrons. The molecule has 3 aromatic heterocycles. The van der Waals surface area contributed by atoms with E-state index >= 15 is 0 Å². The van der Waals surface area contributed by atoms with E-state index in [1.54, 1.807) is 10.5 Å². The second-order valence-electron chi connectivity index (χ2n) is 4.14. The molecule has 3 rings (SSSR count). The van der Waals surface area contributed by atoms with Gasteiger partial charge in [-0.1, -0.05) is 29.2 Å². The Bertz CT molecular complexity index is 826. The van der Waals surface area contributed by atoms with Gasteiger partial charge in [-0.3, -0.25) is 9.20 Å². The normalized spacial score (nSPS) is 11.1. The van der Waals surface area contributed by atoms with Gasteiger partial charge in [0.05, 0.1) is 5.69 Å². The van der Waals surface area contributed by atoms with Crippen molar-refractivity contribution in [2.24, 2.45) is 0 Å². The van der Waals surface area contributed by atoms with Crippen molar-refractivity contribution in [3.8, 4) is 0 Å². The predicted molar refractivity (Wildman–Crippen MR) is 80.1 cm³/mol. The van der Waals surface area contributed by atoms with Crippen LogP contribution in [0.25, 0.3) is 5.65 Å². The van der Waals surface area contributed by atoms with Crippen LogP contribution in [0.15, 0.2) is 33.4 Å².